The first kappa shape index (κ1) is 9.97. The maximum Gasteiger partial charge on any atom is 0.262 e. The molecule has 2 rings (SSSR count). The summed E-state index contributed by atoms with van der Waals surface area (Å²) in [5, 5.41) is 20.1. The molecule has 1 aromatic heterocycles. The molecule has 82 valence electrons. The Labute approximate surface area is 88.4 Å². The van der Waals surface area contributed by atoms with Gasteiger partial charge in [-0.3, -0.25) is 24.7 Å². The predicted octanol–water partition coefficient (Wildman–Crippen LogP) is -0.809. The number of carbonyl (C=O) groups excluding carboxylic acids is 3. The van der Waals surface area contributed by atoms with Gasteiger partial charge in [0.1, 0.15) is 0 Å². The van der Waals surface area contributed by atoms with E-state index in [0.29, 0.717) is 0 Å². The molecule has 4 N–H and O–H groups in total. The average molecular weight is 222 g/mol. The van der Waals surface area contributed by atoms with Crippen LogP contribution in [0, 0.1) is 0 Å². The molecular formula is C9H6N2O5. The number of rotatable bonds is 2. The second-order valence-electron chi connectivity index (χ2n) is 3.12. The molecule has 1 aliphatic heterocycles. The average Bonchev–Trinajstić information content (AvgIpc) is 2.68. The summed E-state index contributed by atoms with van der Waals surface area (Å²) in [7, 11) is 0. The third-order valence-corrected chi connectivity index (χ3v) is 2.03. The van der Waals surface area contributed by atoms with E-state index in [4.69, 9.17) is 5.11 Å². The molecule has 0 radical (unpaired) electrons. The van der Waals surface area contributed by atoms with Crippen molar-refractivity contribution < 1.29 is 24.6 Å². The molecule has 2 heterocycles. The van der Waals surface area contributed by atoms with E-state index in [0.717, 1.165) is 12.1 Å². The number of imide groups is 1. The lowest BCUT2D eigenvalue weighted by Gasteiger charge is -1.96. The number of hydrogen-bond donors (Lipinski definition) is 4. The van der Waals surface area contributed by atoms with Gasteiger partial charge >= 0.3 is 0 Å². The molecule has 0 saturated heterocycles. The summed E-state index contributed by atoms with van der Waals surface area (Å²) in [4.78, 5) is 35.7. The molecule has 16 heavy (non-hydrogen) atoms. The van der Waals surface area contributed by atoms with Gasteiger partial charge in [-0.05, 0) is 0 Å². The van der Waals surface area contributed by atoms with E-state index in [1.807, 2.05) is 5.32 Å². The van der Waals surface area contributed by atoms with Crippen molar-refractivity contribution >= 4 is 17.6 Å². The summed E-state index contributed by atoms with van der Waals surface area (Å²) in [6.07, 6.45) is 0.841. The molecule has 2 amide bonds. The van der Waals surface area contributed by atoms with Crippen LogP contribution in [0.1, 0.15) is 10.4 Å². The summed E-state index contributed by atoms with van der Waals surface area (Å²) in [5.41, 5.74) is -0.645. The van der Waals surface area contributed by atoms with E-state index in [-0.39, 0.29) is 11.1 Å². The zero-order chi connectivity index (χ0) is 11.9. The highest BCUT2D eigenvalue weighted by Crippen LogP contribution is 2.24. The molecule has 0 saturated carbocycles. The van der Waals surface area contributed by atoms with Crippen LogP contribution < -0.4 is 5.32 Å². The van der Waals surface area contributed by atoms with Crippen molar-refractivity contribution in [2.75, 3.05) is 0 Å². The van der Waals surface area contributed by atoms with Gasteiger partial charge in [-0.1, -0.05) is 0 Å². The molecule has 0 bridgehead atoms. The minimum absolute atomic E-state index is 0.270. The maximum absolute atomic E-state index is 11.7. The molecule has 7 heteroatoms. The number of aromatic hydroxyl groups is 2. The van der Waals surface area contributed by atoms with Gasteiger partial charge < -0.3 is 10.2 Å². The Morgan fingerprint density at radius 3 is 2.38 bits per heavy atom. The summed E-state index contributed by atoms with van der Waals surface area (Å²) in [6, 6.07) is 0.967. The molecule has 7 nitrogen and oxygen atoms in total. The second-order valence-corrected chi connectivity index (χ2v) is 3.12. The van der Waals surface area contributed by atoms with Crippen molar-refractivity contribution in [3.05, 3.63) is 23.3 Å². The van der Waals surface area contributed by atoms with Crippen LogP contribution in [-0.4, -0.2) is 32.8 Å². The summed E-state index contributed by atoms with van der Waals surface area (Å²) in [6.45, 7) is 0. The van der Waals surface area contributed by atoms with Crippen LogP contribution in [0.4, 0.5) is 0 Å². The zero-order valence-electron chi connectivity index (χ0n) is 7.77. The lowest BCUT2D eigenvalue weighted by atomic mass is 10.1. The Kier molecular flexibility index (Phi) is 2.01. The smallest absolute Gasteiger partial charge is 0.262 e. The highest BCUT2D eigenvalue weighted by molar-refractivity contribution is 6.34. The Morgan fingerprint density at radius 1 is 1.25 bits per heavy atom. The quantitative estimate of drug-likeness (QED) is 0.296. The number of ketones is 1. The fourth-order valence-electron chi connectivity index (χ4n) is 1.33. The molecule has 0 atom stereocenters. The van der Waals surface area contributed by atoms with Gasteiger partial charge in [-0.25, -0.2) is 0 Å². The summed E-state index contributed by atoms with van der Waals surface area (Å²) in [5.74, 6) is -3.32. The minimum atomic E-state index is -0.836. The number of H-pyrrole nitrogens is 1. The molecule has 0 aliphatic carbocycles. The molecular weight excluding hydrogens is 216 g/mol. The number of carbonyl (C=O) groups is 3. The highest BCUT2D eigenvalue weighted by Gasteiger charge is 2.29. The van der Waals surface area contributed by atoms with Gasteiger partial charge in [0.25, 0.3) is 11.8 Å². The number of Topliss-reactive ketones (excluding diaryl/α,β-unsaturated/α-hetero) is 1. The normalized spacial score (nSPS) is 14.9. The van der Waals surface area contributed by atoms with Crippen LogP contribution >= 0.6 is 0 Å². The van der Waals surface area contributed by atoms with Crippen LogP contribution in [0.2, 0.25) is 0 Å². The number of hydrogen-bond acceptors (Lipinski definition) is 5. The monoisotopic (exact) mass is 222 g/mol. The number of aromatic amines is 1. The van der Waals surface area contributed by atoms with E-state index in [2.05, 4.69) is 4.98 Å². The molecule has 0 spiro atoms. The van der Waals surface area contributed by atoms with E-state index >= 15 is 0 Å². The fourth-order valence-corrected chi connectivity index (χ4v) is 1.33. The van der Waals surface area contributed by atoms with Crippen LogP contribution in [0.5, 0.6) is 11.8 Å². The standard InChI is InChI=1S/C9H6N2O5/c12-5-1-3(8(15)10-5)7(14)4-2-6(13)11-9(4)16/h1-2,10,12,15H,(H,11,13,16). The van der Waals surface area contributed by atoms with Crippen LogP contribution in [0.25, 0.3) is 0 Å². The van der Waals surface area contributed by atoms with Gasteiger partial charge in [0.05, 0.1) is 11.1 Å². The van der Waals surface area contributed by atoms with Crippen molar-refractivity contribution in [3.63, 3.8) is 0 Å². The summed E-state index contributed by atoms with van der Waals surface area (Å²) < 4.78 is 0. The third-order valence-electron chi connectivity index (χ3n) is 2.03. The van der Waals surface area contributed by atoms with Gasteiger partial charge in [-0.2, -0.15) is 0 Å². The van der Waals surface area contributed by atoms with Crippen LogP contribution in [0.15, 0.2) is 17.7 Å². The molecule has 1 aromatic rings. The molecule has 0 aromatic carbocycles. The lowest BCUT2D eigenvalue weighted by Crippen LogP contribution is -2.24. The molecule has 1 aliphatic rings. The van der Waals surface area contributed by atoms with Crippen LogP contribution in [-0.2, 0) is 9.59 Å². The van der Waals surface area contributed by atoms with Crippen molar-refractivity contribution in [1.29, 1.82) is 0 Å². The highest BCUT2D eigenvalue weighted by atomic mass is 16.3. The Balaban J connectivity index is 2.40. The van der Waals surface area contributed by atoms with Gasteiger partial charge in [-0.15, -0.1) is 0 Å². The lowest BCUT2D eigenvalue weighted by molar-refractivity contribution is -0.123. The Hall–Kier alpha value is -2.57. The first-order valence-electron chi connectivity index (χ1n) is 4.21. The van der Waals surface area contributed by atoms with Gasteiger partial charge in [0.2, 0.25) is 11.7 Å². The van der Waals surface area contributed by atoms with Crippen molar-refractivity contribution in [1.82, 2.24) is 10.3 Å². The van der Waals surface area contributed by atoms with Crippen molar-refractivity contribution in [2.24, 2.45) is 0 Å². The number of nitrogens with one attached hydrogen (secondary N) is 2. The van der Waals surface area contributed by atoms with Gasteiger partial charge in [0.15, 0.2) is 5.88 Å². The summed E-state index contributed by atoms with van der Waals surface area (Å²) >= 11 is 0. The van der Waals surface area contributed by atoms with E-state index < -0.39 is 29.4 Å². The van der Waals surface area contributed by atoms with Crippen molar-refractivity contribution in [2.45, 2.75) is 0 Å². The van der Waals surface area contributed by atoms with Gasteiger partial charge in [0, 0.05) is 12.1 Å². The zero-order valence-corrected chi connectivity index (χ0v) is 7.77. The second kappa shape index (κ2) is 3.23. The fraction of sp³-hybridized carbons (Fsp3) is 0. The third kappa shape index (κ3) is 1.44. The largest absolute Gasteiger partial charge is 0.494 e. The minimum Gasteiger partial charge on any atom is -0.494 e. The SMILES string of the molecule is O=C1C=C(C(=O)c2cc(O)[nH]c2O)C(=O)N1. The topological polar surface area (TPSA) is 119 Å². The Morgan fingerprint density at radius 2 is 1.94 bits per heavy atom. The van der Waals surface area contributed by atoms with E-state index in [9.17, 15) is 19.5 Å². The van der Waals surface area contributed by atoms with E-state index in [1.54, 1.807) is 0 Å². The number of amides is 2. The predicted molar refractivity (Wildman–Crippen MR) is 49.7 cm³/mol. The molecule has 0 unspecified atom stereocenters. The maximum atomic E-state index is 11.7. The van der Waals surface area contributed by atoms with E-state index in [1.165, 1.54) is 0 Å². The van der Waals surface area contributed by atoms with Crippen LogP contribution in [0.3, 0.4) is 0 Å². The Bertz CT molecular complexity index is 540. The first-order valence-corrected chi connectivity index (χ1v) is 4.21. The van der Waals surface area contributed by atoms with Crippen molar-refractivity contribution in [3.8, 4) is 11.8 Å². The number of aromatic nitrogens is 1. The first-order chi connectivity index (χ1) is 7.49. The molecule has 0 fully saturated rings.